The molecule has 0 aromatic rings. The lowest BCUT2D eigenvalue weighted by Gasteiger charge is -2.20. The lowest BCUT2D eigenvalue weighted by atomic mass is 9.97. The van der Waals surface area contributed by atoms with Crippen molar-refractivity contribution in [1.82, 2.24) is 5.32 Å². The van der Waals surface area contributed by atoms with E-state index in [1.807, 2.05) is 0 Å². The number of phosphoric ester groups is 1. The van der Waals surface area contributed by atoms with Crippen LogP contribution in [0.1, 0.15) is 6.42 Å². The third-order valence-corrected chi connectivity index (χ3v) is 5.18. The van der Waals surface area contributed by atoms with Gasteiger partial charge in [0.15, 0.2) is 5.78 Å². The smallest absolute Gasteiger partial charge is 0.389 e. The van der Waals surface area contributed by atoms with Crippen molar-refractivity contribution in [3.63, 3.8) is 0 Å². The largest absolute Gasteiger partial charge is 0.469 e. The van der Waals surface area contributed by atoms with Crippen LogP contribution in [0.4, 0.5) is 0 Å². The van der Waals surface area contributed by atoms with Crippen molar-refractivity contribution in [2.24, 2.45) is 0 Å². The molecule has 0 unspecified atom stereocenters. The quantitative estimate of drug-likeness (QED) is 0.297. The van der Waals surface area contributed by atoms with E-state index in [0.717, 1.165) is 11.8 Å². The van der Waals surface area contributed by atoms with E-state index in [2.05, 4.69) is 9.84 Å². The first-order chi connectivity index (χ1) is 9.69. The number of rotatable bonds is 4. The fraction of sp³-hybridized carbons (Fsp3) is 0.600. The number of phosphoric acid groups is 1. The second-order valence-corrected chi connectivity index (χ2v) is 7.25. The molecular weight excluding hydrogens is 325 g/mol. The topological polar surface area (TPSA) is 153 Å². The Morgan fingerprint density at radius 1 is 1.33 bits per heavy atom. The van der Waals surface area contributed by atoms with E-state index >= 15 is 0 Å². The van der Waals surface area contributed by atoms with E-state index in [1.54, 1.807) is 0 Å². The fourth-order valence-electron chi connectivity index (χ4n) is 2.09. The van der Waals surface area contributed by atoms with E-state index in [1.165, 1.54) is 6.20 Å². The van der Waals surface area contributed by atoms with E-state index in [4.69, 9.17) is 9.79 Å². The van der Waals surface area contributed by atoms with E-state index in [9.17, 15) is 24.4 Å². The second-order valence-electron chi connectivity index (χ2n) is 4.63. The SMILES string of the molecule is O=C1CC(=O)C([C@@H]2S[C@H](COP(=O)(O)O)[C@@H](O)[C@H]2O)=CN1. The zero-order valence-electron chi connectivity index (χ0n) is 10.6. The van der Waals surface area contributed by atoms with Crippen LogP contribution in [0.5, 0.6) is 0 Å². The standard InChI is InChI=1S/C10H14NO8PS/c12-5-1-7(13)11-2-4(5)10-9(15)8(14)6(21-10)3-19-20(16,17)18/h2,6,8-10,14-15H,1,3H2,(H,11,13)(H2,16,17,18)/t6-,8-,9-,10+/m1/s1. The van der Waals surface area contributed by atoms with Crippen LogP contribution in [0, 0.1) is 0 Å². The predicted octanol–water partition coefficient (Wildman–Crippen LogP) is -1.73. The van der Waals surface area contributed by atoms with Gasteiger partial charge in [0.05, 0.1) is 35.7 Å². The zero-order valence-corrected chi connectivity index (χ0v) is 12.3. The highest BCUT2D eigenvalue weighted by Crippen LogP contribution is 2.43. The average Bonchev–Trinajstić information content (AvgIpc) is 2.64. The molecule has 11 heteroatoms. The number of hydrogen-bond acceptors (Lipinski definition) is 7. The molecule has 2 aliphatic heterocycles. The number of ketones is 1. The van der Waals surface area contributed by atoms with Gasteiger partial charge >= 0.3 is 7.82 Å². The Labute approximate surface area is 123 Å². The van der Waals surface area contributed by atoms with Gasteiger partial charge in [-0.05, 0) is 0 Å². The van der Waals surface area contributed by atoms with Gasteiger partial charge in [0.1, 0.15) is 0 Å². The monoisotopic (exact) mass is 339 g/mol. The Kier molecular flexibility index (Phi) is 4.89. The summed E-state index contributed by atoms with van der Waals surface area (Å²) in [5.74, 6) is -0.915. The van der Waals surface area contributed by atoms with Crippen molar-refractivity contribution in [3.05, 3.63) is 11.8 Å². The Balaban J connectivity index is 2.08. The lowest BCUT2D eigenvalue weighted by Crippen LogP contribution is -2.38. The number of aliphatic hydroxyl groups excluding tert-OH is 2. The molecule has 0 saturated carbocycles. The normalized spacial score (nSPS) is 33.8. The van der Waals surface area contributed by atoms with E-state index in [-0.39, 0.29) is 12.0 Å². The summed E-state index contributed by atoms with van der Waals surface area (Å²) in [4.78, 5) is 40.1. The highest BCUT2D eigenvalue weighted by molar-refractivity contribution is 8.01. The summed E-state index contributed by atoms with van der Waals surface area (Å²) in [6, 6.07) is 0. The molecule has 4 atom stereocenters. The summed E-state index contributed by atoms with van der Waals surface area (Å²) in [6.07, 6.45) is -1.76. The Hall–Kier alpha value is -0.740. The highest BCUT2D eigenvalue weighted by Gasteiger charge is 2.46. The van der Waals surface area contributed by atoms with Crippen molar-refractivity contribution in [3.8, 4) is 0 Å². The number of aliphatic hydroxyl groups is 2. The molecule has 9 nitrogen and oxygen atoms in total. The number of amides is 1. The molecule has 1 amide bonds. The molecule has 0 radical (unpaired) electrons. The zero-order chi connectivity index (χ0) is 15.8. The average molecular weight is 339 g/mol. The fourth-order valence-corrected chi connectivity index (χ4v) is 4.06. The molecule has 5 N–H and O–H groups in total. The maximum absolute atomic E-state index is 11.8. The summed E-state index contributed by atoms with van der Waals surface area (Å²) in [5.41, 5.74) is 0.157. The Morgan fingerprint density at radius 2 is 2.00 bits per heavy atom. The molecule has 0 bridgehead atoms. The van der Waals surface area contributed by atoms with Crippen LogP contribution in [0.15, 0.2) is 11.8 Å². The Morgan fingerprint density at radius 3 is 2.57 bits per heavy atom. The first-order valence-electron chi connectivity index (χ1n) is 5.93. The minimum absolute atomic E-state index is 0.157. The van der Waals surface area contributed by atoms with Gasteiger partial charge in [0.2, 0.25) is 5.91 Å². The molecule has 0 aromatic carbocycles. The molecule has 1 saturated heterocycles. The van der Waals surface area contributed by atoms with Crippen LogP contribution in [0.3, 0.4) is 0 Å². The van der Waals surface area contributed by atoms with Gasteiger partial charge < -0.3 is 25.3 Å². The lowest BCUT2D eigenvalue weighted by molar-refractivity contribution is -0.127. The molecule has 2 heterocycles. The molecule has 2 aliphatic rings. The van der Waals surface area contributed by atoms with Crippen molar-refractivity contribution >= 4 is 31.3 Å². The minimum atomic E-state index is -4.68. The maximum Gasteiger partial charge on any atom is 0.469 e. The van der Waals surface area contributed by atoms with Crippen LogP contribution < -0.4 is 5.32 Å². The van der Waals surface area contributed by atoms with Crippen LogP contribution in [-0.4, -0.2) is 61.0 Å². The molecule has 0 aromatic heterocycles. The van der Waals surface area contributed by atoms with Gasteiger partial charge in [-0.3, -0.25) is 14.1 Å². The van der Waals surface area contributed by atoms with Crippen LogP contribution in [0.25, 0.3) is 0 Å². The summed E-state index contributed by atoms with van der Waals surface area (Å²) < 4.78 is 15.0. The number of Topliss-reactive ketones (excluding diaryl/α,β-unsaturated/α-hetero) is 1. The summed E-state index contributed by atoms with van der Waals surface area (Å²) >= 11 is 0.970. The third-order valence-electron chi connectivity index (χ3n) is 3.11. The number of hydrogen-bond donors (Lipinski definition) is 5. The molecule has 0 aliphatic carbocycles. The molecule has 2 rings (SSSR count). The van der Waals surface area contributed by atoms with Crippen LogP contribution in [-0.2, 0) is 18.7 Å². The van der Waals surface area contributed by atoms with Gasteiger partial charge in [-0.1, -0.05) is 0 Å². The van der Waals surface area contributed by atoms with E-state index < -0.39 is 48.8 Å². The highest BCUT2D eigenvalue weighted by atomic mass is 32.2. The van der Waals surface area contributed by atoms with Gasteiger partial charge in [0, 0.05) is 11.8 Å². The second kappa shape index (κ2) is 6.17. The maximum atomic E-state index is 11.8. The first kappa shape index (κ1) is 16.6. The van der Waals surface area contributed by atoms with E-state index in [0.29, 0.717) is 0 Å². The summed E-state index contributed by atoms with van der Waals surface area (Å²) in [5, 5.41) is 20.6. The molecule has 0 spiro atoms. The van der Waals surface area contributed by atoms with Crippen molar-refractivity contribution in [2.45, 2.75) is 29.1 Å². The number of nitrogens with one attached hydrogen (secondary N) is 1. The van der Waals surface area contributed by atoms with Crippen molar-refractivity contribution in [1.29, 1.82) is 0 Å². The number of thioether (sulfide) groups is 1. The first-order valence-corrected chi connectivity index (χ1v) is 8.40. The van der Waals surface area contributed by atoms with Gasteiger partial charge in [-0.25, -0.2) is 4.57 Å². The summed E-state index contributed by atoms with van der Waals surface area (Å²) in [7, 11) is -4.68. The minimum Gasteiger partial charge on any atom is -0.389 e. The molecule has 118 valence electrons. The van der Waals surface area contributed by atoms with Crippen LogP contribution >= 0.6 is 19.6 Å². The molecule has 21 heavy (non-hydrogen) atoms. The number of carbonyl (C=O) groups excluding carboxylic acids is 2. The third kappa shape index (κ3) is 3.92. The van der Waals surface area contributed by atoms with Gasteiger partial charge in [-0.2, -0.15) is 0 Å². The Bertz CT molecular complexity index is 531. The van der Waals surface area contributed by atoms with Gasteiger partial charge in [0.25, 0.3) is 0 Å². The van der Waals surface area contributed by atoms with Crippen molar-refractivity contribution < 1.29 is 38.7 Å². The van der Waals surface area contributed by atoms with Crippen LogP contribution in [0.2, 0.25) is 0 Å². The number of carbonyl (C=O) groups is 2. The molecule has 1 fully saturated rings. The van der Waals surface area contributed by atoms with Gasteiger partial charge in [-0.15, -0.1) is 11.8 Å². The molecular formula is C10H14NO8PS. The predicted molar refractivity (Wildman–Crippen MR) is 71.0 cm³/mol. The van der Waals surface area contributed by atoms with Crippen molar-refractivity contribution in [2.75, 3.05) is 6.61 Å². The summed E-state index contributed by atoms with van der Waals surface area (Å²) in [6.45, 7) is -0.475.